The highest BCUT2D eigenvalue weighted by Crippen LogP contribution is 2.53. The van der Waals surface area contributed by atoms with E-state index in [-0.39, 0.29) is 5.41 Å². The normalized spacial score (nSPS) is 15.0. The van der Waals surface area contributed by atoms with Crippen LogP contribution in [0.3, 0.4) is 0 Å². The Morgan fingerprint density at radius 3 is 2.63 bits per heavy atom. The average Bonchev–Trinajstić information content (AvgIpc) is 2.72. The molecule has 2 aliphatic rings. The van der Waals surface area contributed by atoms with Crippen molar-refractivity contribution in [2.24, 2.45) is 7.05 Å². The third-order valence-corrected chi connectivity index (χ3v) is 8.32. The smallest absolute Gasteiger partial charge is 0.200 e. The molecule has 3 aromatic carbocycles. The lowest BCUT2D eigenvalue weighted by Crippen LogP contribution is -2.32. The highest BCUT2D eigenvalue weighted by atomic mass is 32.2. The van der Waals surface area contributed by atoms with Gasteiger partial charge in [-0.15, -0.1) is 0 Å². The van der Waals surface area contributed by atoms with Crippen LogP contribution in [0.2, 0.25) is 0 Å². The standard InChI is InChI=1S/C28H28NS/c1-16-20-10-6-8-17-9-7-11-21(24(17)20)27-23(16)26-25-18(12-13-29(26)5)14-19(28(2,3)4)15-22(25)30-27/h6,8,10,12-15H,7,9,11H2,1-5H3/q+1. The largest absolute Gasteiger partial charge is 0.222 e. The molecule has 150 valence electrons. The predicted octanol–water partition coefficient (Wildman–Crippen LogP) is 7.04. The molecule has 0 spiro atoms. The Morgan fingerprint density at radius 2 is 1.83 bits per heavy atom. The second-order valence-electron chi connectivity index (χ2n) is 10.1. The van der Waals surface area contributed by atoms with E-state index in [1.165, 1.54) is 78.5 Å². The molecule has 0 bridgehead atoms. The number of aryl methyl sites for hydroxylation is 4. The molecule has 0 atom stereocenters. The molecular formula is C28H28NS+. The van der Waals surface area contributed by atoms with E-state index >= 15 is 0 Å². The predicted molar refractivity (Wildman–Crippen MR) is 128 cm³/mol. The second-order valence-corrected chi connectivity index (χ2v) is 11.1. The van der Waals surface area contributed by atoms with Crippen molar-refractivity contribution in [1.82, 2.24) is 0 Å². The number of aromatic nitrogens is 1. The van der Waals surface area contributed by atoms with Gasteiger partial charge < -0.3 is 0 Å². The first kappa shape index (κ1) is 18.4. The molecule has 0 saturated carbocycles. The molecule has 2 heteroatoms. The summed E-state index contributed by atoms with van der Waals surface area (Å²) in [4.78, 5) is 2.93. The molecule has 0 radical (unpaired) electrons. The van der Waals surface area contributed by atoms with E-state index in [2.05, 4.69) is 81.9 Å². The maximum atomic E-state index is 2.46. The third kappa shape index (κ3) is 2.40. The molecule has 2 heterocycles. The molecule has 0 saturated heterocycles. The summed E-state index contributed by atoms with van der Waals surface area (Å²) in [5.41, 5.74) is 8.98. The van der Waals surface area contributed by atoms with E-state index in [0.29, 0.717) is 0 Å². The van der Waals surface area contributed by atoms with Crippen molar-refractivity contribution in [3.8, 4) is 11.3 Å². The Bertz CT molecular complexity index is 1390. The van der Waals surface area contributed by atoms with E-state index < -0.39 is 0 Å². The van der Waals surface area contributed by atoms with Crippen LogP contribution in [0.4, 0.5) is 0 Å². The molecule has 0 N–H and O–H groups in total. The van der Waals surface area contributed by atoms with Crippen LogP contribution in [0.25, 0.3) is 32.8 Å². The number of rotatable bonds is 0. The number of hydrogen-bond acceptors (Lipinski definition) is 1. The van der Waals surface area contributed by atoms with Crippen molar-refractivity contribution in [2.45, 2.75) is 62.2 Å². The molecule has 1 aliphatic carbocycles. The van der Waals surface area contributed by atoms with Gasteiger partial charge in [0.05, 0.1) is 10.9 Å². The first-order chi connectivity index (χ1) is 14.3. The highest BCUT2D eigenvalue weighted by molar-refractivity contribution is 7.99. The average molecular weight is 411 g/mol. The zero-order chi connectivity index (χ0) is 20.8. The van der Waals surface area contributed by atoms with Gasteiger partial charge in [0.25, 0.3) is 0 Å². The van der Waals surface area contributed by atoms with E-state index in [9.17, 15) is 0 Å². The van der Waals surface area contributed by atoms with Crippen LogP contribution in [0.5, 0.6) is 0 Å². The van der Waals surface area contributed by atoms with Gasteiger partial charge in [-0.25, -0.2) is 4.57 Å². The Labute approximate surface area is 183 Å². The number of fused-ring (bicyclic) bond motifs is 3. The first-order valence-electron chi connectivity index (χ1n) is 11.1. The number of nitrogens with zero attached hydrogens (tertiary/aromatic N) is 1. The van der Waals surface area contributed by atoms with Crippen molar-refractivity contribution >= 4 is 33.3 Å². The van der Waals surface area contributed by atoms with Gasteiger partial charge in [0, 0.05) is 15.9 Å². The highest BCUT2D eigenvalue weighted by Gasteiger charge is 2.33. The van der Waals surface area contributed by atoms with Gasteiger partial charge in [0.1, 0.15) is 7.05 Å². The van der Waals surface area contributed by atoms with Crippen LogP contribution in [0.1, 0.15) is 49.4 Å². The zero-order valence-electron chi connectivity index (χ0n) is 18.5. The number of pyridine rings is 1. The van der Waals surface area contributed by atoms with Gasteiger partial charge in [-0.05, 0) is 76.1 Å². The fourth-order valence-electron chi connectivity index (χ4n) is 5.53. The van der Waals surface area contributed by atoms with Crippen LogP contribution >= 0.6 is 11.8 Å². The van der Waals surface area contributed by atoms with Crippen molar-refractivity contribution in [3.05, 3.63) is 64.8 Å². The molecule has 1 aliphatic heterocycles. The van der Waals surface area contributed by atoms with Crippen molar-refractivity contribution in [1.29, 1.82) is 0 Å². The van der Waals surface area contributed by atoms with Gasteiger partial charge in [0.2, 0.25) is 5.69 Å². The SMILES string of the molecule is Cc1c2c(c3c4c(cccc14)CCC3)Sc1cc(C(C)(C)C)cc3cc[n+](C)c-2c13. The lowest BCUT2D eigenvalue weighted by molar-refractivity contribution is -0.659. The monoisotopic (exact) mass is 410 g/mol. The van der Waals surface area contributed by atoms with Crippen LogP contribution in [-0.4, -0.2) is 0 Å². The summed E-state index contributed by atoms with van der Waals surface area (Å²) in [6.45, 7) is 9.30. The summed E-state index contributed by atoms with van der Waals surface area (Å²) in [5.74, 6) is 0. The van der Waals surface area contributed by atoms with E-state index in [0.717, 1.165) is 0 Å². The molecule has 1 aromatic heterocycles. The molecule has 30 heavy (non-hydrogen) atoms. The quantitative estimate of drug-likeness (QED) is 0.248. The summed E-state index contributed by atoms with van der Waals surface area (Å²) >= 11 is 2.02. The van der Waals surface area contributed by atoms with Crippen LogP contribution in [0.15, 0.2) is 52.4 Å². The van der Waals surface area contributed by atoms with Gasteiger partial charge in [-0.2, -0.15) is 0 Å². The maximum Gasteiger partial charge on any atom is 0.222 e. The number of benzene rings is 3. The van der Waals surface area contributed by atoms with E-state index in [4.69, 9.17) is 0 Å². The third-order valence-electron chi connectivity index (χ3n) is 7.12. The molecule has 6 rings (SSSR count). The summed E-state index contributed by atoms with van der Waals surface area (Å²) in [6, 6.07) is 14.1. The molecule has 0 fully saturated rings. The van der Waals surface area contributed by atoms with Crippen molar-refractivity contribution in [2.75, 3.05) is 0 Å². The summed E-state index contributed by atoms with van der Waals surface area (Å²) in [7, 11) is 2.21. The van der Waals surface area contributed by atoms with Gasteiger partial charge in [0.15, 0.2) is 6.20 Å². The Balaban J connectivity index is 1.80. The van der Waals surface area contributed by atoms with E-state index in [1.54, 1.807) is 5.56 Å². The topological polar surface area (TPSA) is 3.88 Å². The van der Waals surface area contributed by atoms with E-state index in [1.807, 2.05) is 11.8 Å². The van der Waals surface area contributed by atoms with Crippen molar-refractivity contribution in [3.63, 3.8) is 0 Å². The van der Waals surface area contributed by atoms with Crippen molar-refractivity contribution < 1.29 is 4.57 Å². The Morgan fingerprint density at radius 1 is 1.00 bits per heavy atom. The van der Waals surface area contributed by atoms with Crippen LogP contribution in [0, 0.1) is 6.92 Å². The summed E-state index contributed by atoms with van der Waals surface area (Å²) < 4.78 is 2.35. The molecule has 0 amide bonds. The van der Waals surface area contributed by atoms with Crippen LogP contribution < -0.4 is 4.57 Å². The van der Waals surface area contributed by atoms with Gasteiger partial charge in [-0.3, -0.25) is 0 Å². The molecule has 4 aromatic rings. The molecule has 1 nitrogen and oxygen atoms in total. The van der Waals surface area contributed by atoms with Gasteiger partial charge >= 0.3 is 0 Å². The minimum Gasteiger partial charge on any atom is -0.200 e. The van der Waals surface area contributed by atoms with Gasteiger partial charge in [-0.1, -0.05) is 56.8 Å². The maximum absolute atomic E-state index is 2.46. The van der Waals surface area contributed by atoms with Crippen LogP contribution in [-0.2, 0) is 25.3 Å². The summed E-state index contributed by atoms with van der Waals surface area (Å²) in [6.07, 6.45) is 5.91. The second kappa shape index (κ2) is 6.11. The minimum atomic E-state index is 0.143. The Hall–Kier alpha value is -2.32. The Kier molecular flexibility index (Phi) is 3.75. The zero-order valence-corrected chi connectivity index (χ0v) is 19.3. The fourth-order valence-corrected chi connectivity index (χ4v) is 6.93. The first-order valence-corrected chi connectivity index (χ1v) is 11.9. The fraction of sp³-hybridized carbons (Fsp3) is 0.321. The lowest BCUT2D eigenvalue weighted by Gasteiger charge is -2.29. The lowest BCUT2D eigenvalue weighted by atomic mass is 9.82. The molecular weight excluding hydrogens is 382 g/mol. The summed E-state index contributed by atoms with van der Waals surface area (Å²) in [5, 5.41) is 5.78. The minimum absolute atomic E-state index is 0.143. The molecule has 0 unspecified atom stereocenters. The number of hydrogen-bond donors (Lipinski definition) is 0.